The number of anilines is 1. The van der Waals surface area contributed by atoms with E-state index in [2.05, 4.69) is 20.4 Å². The van der Waals surface area contributed by atoms with E-state index in [0.717, 1.165) is 6.07 Å². The minimum Gasteiger partial charge on any atom is -0.348 e. The van der Waals surface area contributed by atoms with E-state index < -0.39 is 41.6 Å². The van der Waals surface area contributed by atoms with Crippen molar-refractivity contribution in [2.45, 2.75) is 50.6 Å². The third kappa shape index (κ3) is 4.21. The number of benzene rings is 1. The van der Waals surface area contributed by atoms with Gasteiger partial charge in [0.15, 0.2) is 11.7 Å². The maximum Gasteiger partial charge on any atom is 0.412 e. The van der Waals surface area contributed by atoms with E-state index in [0.29, 0.717) is 0 Å². The summed E-state index contributed by atoms with van der Waals surface area (Å²) in [7, 11) is 0. The van der Waals surface area contributed by atoms with Crippen molar-refractivity contribution in [3.05, 3.63) is 34.7 Å². The van der Waals surface area contributed by atoms with Gasteiger partial charge in [-0.3, -0.25) is 0 Å². The fourth-order valence-electron chi connectivity index (χ4n) is 2.76. The first-order valence-electron chi connectivity index (χ1n) is 7.74. The number of hydrogen-bond donors (Lipinski definition) is 1. The van der Waals surface area contributed by atoms with E-state index in [1.807, 2.05) is 0 Å². The van der Waals surface area contributed by atoms with Gasteiger partial charge in [0.05, 0.1) is 12.1 Å². The first-order valence-corrected chi connectivity index (χ1v) is 8.15. The molecule has 146 valence electrons. The van der Waals surface area contributed by atoms with Gasteiger partial charge in [-0.15, -0.1) is 0 Å². The summed E-state index contributed by atoms with van der Waals surface area (Å²) in [5, 5.41) is 9.39. The molecule has 1 aliphatic heterocycles. The minimum atomic E-state index is -4.76. The average Bonchev–Trinajstić information content (AvgIpc) is 2.97. The predicted octanol–water partition coefficient (Wildman–Crippen LogP) is 6.10. The van der Waals surface area contributed by atoms with Gasteiger partial charge in [0.25, 0.3) is 0 Å². The van der Waals surface area contributed by atoms with Crippen molar-refractivity contribution in [2.24, 2.45) is 10.2 Å². The van der Waals surface area contributed by atoms with E-state index in [1.54, 1.807) is 0 Å². The van der Waals surface area contributed by atoms with Gasteiger partial charge < -0.3 is 5.32 Å². The monoisotopic (exact) mass is 408 g/mol. The lowest BCUT2D eigenvalue weighted by Crippen LogP contribution is -2.39. The lowest BCUT2D eigenvalue weighted by Gasteiger charge is -2.25. The van der Waals surface area contributed by atoms with Crippen LogP contribution in [0.4, 0.5) is 37.7 Å². The van der Waals surface area contributed by atoms with Gasteiger partial charge in [-0.05, 0) is 25.0 Å². The second-order valence-corrected chi connectivity index (χ2v) is 6.56. The normalized spacial score (nSPS) is 22.6. The lowest BCUT2D eigenvalue weighted by atomic mass is 9.94. The van der Waals surface area contributed by atoms with Crippen molar-refractivity contribution in [3.8, 4) is 0 Å². The van der Waals surface area contributed by atoms with Crippen molar-refractivity contribution in [2.75, 3.05) is 5.32 Å². The number of nitrogens with one attached hydrogen (secondary N) is 1. The Balaban J connectivity index is 2.37. The number of azo groups is 1. The highest BCUT2D eigenvalue weighted by atomic mass is 32.1. The quantitative estimate of drug-likeness (QED) is 0.373. The molecular formula is C16H14F6N4S. The Hall–Kier alpha value is -2.22. The van der Waals surface area contributed by atoms with E-state index in [1.165, 1.54) is 19.9 Å². The topological polar surface area (TPSA) is 41.1 Å². The molecule has 11 heteroatoms. The Bertz CT molecular complexity index is 824. The second kappa shape index (κ2) is 7.07. The molecule has 4 nitrogen and oxygen atoms in total. The maximum absolute atomic E-state index is 13.4. The minimum absolute atomic E-state index is 0.0193. The Morgan fingerprint density at radius 3 is 2.41 bits per heavy atom. The van der Waals surface area contributed by atoms with Gasteiger partial charge in [0.2, 0.25) is 0 Å². The van der Waals surface area contributed by atoms with Gasteiger partial charge in [0.1, 0.15) is 10.5 Å². The Morgan fingerprint density at radius 1 is 1.33 bits per heavy atom. The molecular weight excluding hydrogens is 394 g/mol. The molecule has 1 heterocycles. The van der Waals surface area contributed by atoms with Crippen LogP contribution in [0.5, 0.6) is 0 Å². The standard InChI is InChI=1S/C16H14F6N4S/c1-4-8-9(5-6-10(23-3)12(8)16(20,21)22)24-13(27)14(2)7-11(25-26-14)15(17,18)19/h5-6,11H,4,7H2,1-2H3,(H,24,27). The van der Waals surface area contributed by atoms with Crippen LogP contribution in [0.3, 0.4) is 0 Å². The number of thiocarbonyl (C=S) groups is 1. The van der Waals surface area contributed by atoms with Gasteiger partial charge in [-0.2, -0.15) is 36.6 Å². The molecule has 2 rings (SSSR count). The fourth-order valence-corrected chi connectivity index (χ4v) is 2.99. The molecule has 0 amide bonds. The number of halogens is 6. The predicted molar refractivity (Wildman–Crippen MR) is 91.0 cm³/mol. The molecule has 0 aromatic heterocycles. The molecule has 0 aliphatic carbocycles. The number of rotatable bonds is 3. The van der Waals surface area contributed by atoms with Crippen molar-refractivity contribution >= 4 is 28.6 Å². The van der Waals surface area contributed by atoms with Crippen LogP contribution in [0.15, 0.2) is 22.4 Å². The first kappa shape index (κ1) is 21.1. The smallest absolute Gasteiger partial charge is 0.348 e. The summed E-state index contributed by atoms with van der Waals surface area (Å²) in [5.41, 5.74) is -3.34. The Morgan fingerprint density at radius 2 is 1.96 bits per heavy atom. The van der Waals surface area contributed by atoms with E-state index in [9.17, 15) is 26.3 Å². The van der Waals surface area contributed by atoms with Crippen LogP contribution in [0.1, 0.15) is 31.4 Å². The highest BCUT2D eigenvalue weighted by molar-refractivity contribution is 7.80. The fraction of sp³-hybridized carbons (Fsp3) is 0.500. The van der Waals surface area contributed by atoms with Crippen LogP contribution in [0, 0.1) is 6.57 Å². The first-order chi connectivity index (χ1) is 12.3. The average molecular weight is 408 g/mol. The maximum atomic E-state index is 13.4. The van der Waals surface area contributed by atoms with Crippen LogP contribution >= 0.6 is 12.2 Å². The van der Waals surface area contributed by atoms with Crippen LogP contribution in [-0.4, -0.2) is 22.7 Å². The number of alkyl halides is 6. The molecule has 0 saturated carbocycles. The van der Waals surface area contributed by atoms with Crippen LogP contribution in [-0.2, 0) is 12.6 Å². The molecule has 0 radical (unpaired) electrons. The largest absolute Gasteiger partial charge is 0.412 e. The highest BCUT2D eigenvalue weighted by Gasteiger charge is 2.50. The molecule has 27 heavy (non-hydrogen) atoms. The van der Waals surface area contributed by atoms with Crippen molar-refractivity contribution < 1.29 is 26.3 Å². The summed E-state index contributed by atoms with van der Waals surface area (Å²) in [6.07, 6.45) is -9.93. The van der Waals surface area contributed by atoms with Gasteiger partial charge >= 0.3 is 12.4 Å². The zero-order valence-corrected chi connectivity index (χ0v) is 15.0. The molecule has 2 atom stereocenters. The van der Waals surface area contributed by atoms with Crippen molar-refractivity contribution in [3.63, 3.8) is 0 Å². The molecule has 0 saturated heterocycles. The molecule has 1 aromatic carbocycles. The van der Waals surface area contributed by atoms with E-state index in [4.69, 9.17) is 18.8 Å². The van der Waals surface area contributed by atoms with Crippen LogP contribution in [0.2, 0.25) is 0 Å². The molecule has 1 aromatic rings. The van der Waals surface area contributed by atoms with Crippen molar-refractivity contribution in [1.82, 2.24) is 0 Å². The summed E-state index contributed by atoms with van der Waals surface area (Å²) in [6, 6.07) is 0.240. The molecule has 0 spiro atoms. The Kier molecular flexibility index (Phi) is 5.52. The van der Waals surface area contributed by atoms with Gasteiger partial charge in [0, 0.05) is 12.1 Å². The number of nitrogens with zero attached hydrogens (tertiary/aromatic N) is 3. The summed E-state index contributed by atoms with van der Waals surface area (Å²) in [6.45, 7) is 9.75. The van der Waals surface area contributed by atoms with Gasteiger partial charge in [-0.1, -0.05) is 25.2 Å². The Labute approximate surface area is 156 Å². The zero-order valence-electron chi connectivity index (χ0n) is 14.2. The SMILES string of the molecule is [C-]#[N+]c1ccc(NC(=S)C2(C)CC(C(F)(F)F)N=N2)c(CC)c1C(F)(F)F. The van der Waals surface area contributed by atoms with Crippen LogP contribution in [0.25, 0.3) is 4.85 Å². The molecule has 2 unspecified atom stereocenters. The zero-order chi connectivity index (χ0) is 20.6. The second-order valence-electron chi connectivity index (χ2n) is 6.15. The lowest BCUT2D eigenvalue weighted by molar-refractivity contribution is -0.147. The molecule has 0 fully saturated rings. The molecule has 0 bridgehead atoms. The summed E-state index contributed by atoms with van der Waals surface area (Å²) in [5.74, 6) is 0. The number of hydrogen-bond acceptors (Lipinski definition) is 3. The van der Waals surface area contributed by atoms with E-state index in [-0.39, 0.29) is 22.7 Å². The summed E-state index contributed by atoms with van der Waals surface area (Å²) >= 11 is 5.12. The summed E-state index contributed by atoms with van der Waals surface area (Å²) in [4.78, 5) is 2.73. The molecule has 1 N–H and O–H groups in total. The summed E-state index contributed by atoms with van der Waals surface area (Å²) < 4.78 is 78.6. The third-order valence-electron chi connectivity index (χ3n) is 4.17. The third-order valence-corrected chi connectivity index (χ3v) is 4.71. The highest BCUT2D eigenvalue weighted by Crippen LogP contribution is 2.43. The van der Waals surface area contributed by atoms with Gasteiger partial charge in [-0.25, -0.2) is 4.85 Å². The van der Waals surface area contributed by atoms with E-state index >= 15 is 0 Å². The van der Waals surface area contributed by atoms with Crippen molar-refractivity contribution in [1.29, 1.82) is 0 Å². The molecule has 1 aliphatic rings. The van der Waals surface area contributed by atoms with Crippen LogP contribution < -0.4 is 5.32 Å².